The highest BCUT2D eigenvalue weighted by molar-refractivity contribution is 6.04. The molecule has 1 heterocycles. The Bertz CT molecular complexity index is 1020. The fourth-order valence-corrected chi connectivity index (χ4v) is 4.06. The molecule has 1 aliphatic heterocycles. The first-order valence-corrected chi connectivity index (χ1v) is 10.3. The van der Waals surface area contributed by atoms with E-state index in [0.717, 1.165) is 37.8 Å². The van der Waals surface area contributed by atoms with Crippen LogP contribution in [0.25, 0.3) is 0 Å². The average Bonchev–Trinajstić information content (AvgIpc) is 3.27. The second-order valence-electron chi connectivity index (χ2n) is 7.84. The van der Waals surface area contributed by atoms with Crippen LogP contribution in [0.2, 0.25) is 0 Å². The minimum Gasteiger partial charge on any atom is -0.497 e. The molecule has 32 heavy (non-hydrogen) atoms. The lowest BCUT2D eigenvalue weighted by molar-refractivity contribution is -0.137. The summed E-state index contributed by atoms with van der Waals surface area (Å²) in [7, 11) is 1.44. The number of Topliss-reactive ketones (excluding diaryl/α,β-unsaturated/α-hetero) is 1. The maximum Gasteiger partial charge on any atom is 0.416 e. The molecule has 0 radical (unpaired) electrons. The van der Waals surface area contributed by atoms with Crippen LogP contribution >= 0.6 is 0 Å². The van der Waals surface area contributed by atoms with Gasteiger partial charge >= 0.3 is 12.3 Å². The van der Waals surface area contributed by atoms with Crippen molar-refractivity contribution >= 4 is 11.9 Å². The number of benzene rings is 2. The lowest BCUT2D eigenvalue weighted by Gasteiger charge is -2.33. The molecule has 2 aromatic carbocycles. The van der Waals surface area contributed by atoms with Gasteiger partial charge in [0, 0.05) is 12.1 Å². The van der Waals surface area contributed by atoms with Gasteiger partial charge in [0.1, 0.15) is 11.5 Å². The largest absolute Gasteiger partial charge is 0.497 e. The van der Waals surface area contributed by atoms with E-state index < -0.39 is 35.8 Å². The fourth-order valence-electron chi connectivity index (χ4n) is 4.06. The number of rotatable bonds is 4. The van der Waals surface area contributed by atoms with Gasteiger partial charge < -0.3 is 19.5 Å². The van der Waals surface area contributed by atoms with Crippen LogP contribution in [0.15, 0.2) is 42.5 Å². The summed E-state index contributed by atoms with van der Waals surface area (Å²) >= 11 is 0. The number of halogens is 3. The summed E-state index contributed by atoms with van der Waals surface area (Å²) in [6.45, 7) is 0. The Hall–Kier alpha value is -3.23. The summed E-state index contributed by atoms with van der Waals surface area (Å²) < 4.78 is 56.3. The van der Waals surface area contributed by atoms with E-state index >= 15 is 0 Å². The van der Waals surface area contributed by atoms with Crippen LogP contribution in [0.4, 0.5) is 18.0 Å². The Morgan fingerprint density at radius 2 is 1.88 bits per heavy atom. The van der Waals surface area contributed by atoms with Crippen molar-refractivity contribution in [2.75, 3.05) is 7.11 Å². The van der Waals surface area contributed by atoms with Crippen LogP contribution in [0.1, 0.15) is 53.3 Å². The first-order valence-electron chi connectivity index (χ1n) is 10.3. The van der Waals surface area contributed by atoms with E-state index in [1.807, 2.05) is 0 Å². The Morgan fingerprint density at radius 1 is 1.12 bits per heavy atom. The van der Waals surface area contributed by atoms with Crippen LogP contribution in [-0.2, 0) is 10.9 Å². The molecule has 170 valence electrons. The molecule has 2 atom stereocenters. The number of alkyl carbamates (subject to hydrolysis) is 1. The number of carbonyl (C=O) groups excluding carboxylic acids is 2. The van der Waals surface area contributed by atoms with Gasteiger partial charge in [-0.05, 0) is 42.7 Å². The fraction of sp³-hybridized carbons (Fsp3) is 0.391. The SMILES string of the molecule is COc1ccc2c(c1)O[C@@H](c1cccc(C(F)(F)F)c1)[C@H](OC(=O)NC1CCCC1)C2=O. The Labute approximate surface area is 182 Å². The molecule has 9 heteroatoms. The van der Waals surface area contributed by atoms with Crippen LogP contribution in [-0.4, -0.2) is 31.1 Å². The Morgan fingerprint density at radius 3 is 2.56 bits per heavy atom. The van der Waals surface area contributed by atoms with Crippen molar-refractivity contribution in [3.05, 3.63) is 59.2 Å². The predicted molar refractivity (Wildman–Crippen MR) is 108 cm³/mol. The summed E-state index contributed by atoms with van der Waals surface area (Å²) in [5, 5.41) is 2.73. The van der Waals surface area contributed by atoms with Gasteiger partial charge in [0.2, 0.25) is 11.9 Å². The van der Waals surface area contributed by atoms with E-state index in [2.05, 4.69) is 5.32 Å². The molecule has 0 aromatic heterocycles. The highest BCUT2D eigenvalue weighted by Crippen LogP contribution is 2.40. The molecule has 1 saturated carbocycles. The predicted octanol–water partition coefficient (Wildman–Crippen LogP) is 5.07. The third kappa shape index (κ3) is 4.51. The topological polar surface area (TPSA) is 73.9 Å². The van der Waals surface area contributed by atoms with Crippen LogP contribution < -0.4 is 14.8 Å². The second-order valence-corrected chi connectivity index (χ2v) is 7.84. The molecule has 1 N–H and O–H groups in total. The number of ether oxygens (including phenoxy) is 3. The van der Waals surface area contributed by atoms with Gasteiger partial charge in [-0.25, -0.2) is 4.79 Å². The quantitative estimate of drug-likeness (QED) is 0.706. The number of nitrogens with one attached hydrogen (secondary N) is 1. The minimum absolute atomic E-state index is 0.0503. The number of hydrogen-bond donors (Lipinski definition) is 1. The van der Waals surface area contributed by atoms with Crippen molar-refractivity contribution < 1.29 is 37.0 Å². The number of hydrogen-bond acceptors (Lipinski definition) is 5. The Kier molecular flexibility index (Phi) is 5.99. The first-order chi connectivity index (χ1) is 15.3. The summed E-state index contributed by atoms with van der Waals surface area (Å²) in [6.07, 6.45) is -4.48. The summed E-state index contributed by atoms with van der Waals surface area (Å²) in [5.74, 6) is 0.00314. The molecular formula is C23H22F3NO5. The molecule has 0 unspecified atom stereocenters. The van der Waals surface area contributed by atoms with E-state index in [1.165, 1.54) is 31.4 Å². The number of amides is 1. The first kappa shape index (κ1) is 22.0. The lowest BCUT2D eigenvalue weighted by atomic mass is 9.92. The normalized spacial score (nSPS) is 20.9. The molecule has 0 saturated heterocycles. The summed E-state index contributed by atoms with van der Waals surface area (Å²) in [4.78, 5) is 25.7. The van der Waals surface area contributed by atoms with Crippen molar-refractivity contribution in [2.45, 2.75) is 50.1 Å². The molecule has 2 aromatic rings. The van der Waals surface area contributed by atoms with Gasteiger partial charge in [0.05, 0.1) is 18.2 Å². The molecule has 1 amide bonds. The number of alkyl halides is 3. The number of carbonyl (C=O) groups is 2. The van der Waals surface area contributed by atoms with Crippen LogP contribution in [0.5, 0.6) is 11.5 Å². The zero-order chi connectivity index (χ0) is 22.9. The van der Waals surface area contributed by atoms with Crippen molar-refractivity contribution in [1.29, 1.82) is 0 Å². The number of fused-ring (bicyclic) bond motifs is 1. The molecule has 2 aliphatic rings. The smallest absolute Gasteiger partial charge is 0.416 e. The minimum atomic E-state index is -4.58. The molecule has 0 spiro atoms. The second kappa shape index (κ2) is 8.72. The molecule has 0 bridgehead atoms. The molecule has 6 nitrogen and oxygen atoms in total. The average molecular weight is 449 g/mol. The van der Waals surface area contributed by atoms with Crippen molar-refractivity contribution in [2.24, 2.45) is 0 Å². The maximum atomic E-state index is 13.3. The van der Waals surface area contributed by atoms with E-state index in [4.69, 9.17) is 14.2 Å². The van der Waals surface area contributed by atoms with Gasteiger partial charge in [-0.1, -0.05) is 25.0 Å². The molecule has 1 fully saturated rings. The summed E-state index contributed by atoms with van der Waals surface area (Å²) in [6, 6.07) is 8.91. The lowest BCUT2D eigenvalue weighted by Crippen LogP contribution is -2.44. The highest BCUT2D eigenvalue weighted by atomic mass is 19.4. The standard InChI is InChI=1S/C23H22F3NO5/c1-30-16-9-10-17-18(12-16)31-20(13-5-4-6-14(11-13)23(24,25)26)21(19(17)28)32-22(29)27-15-7-2-3-8-15/h4-6,9-12,15,20-21H,2-3,7-8H2,1H3,(H,27,29)/t20-,21+/m0/s1. The van der Waals surface area contributed by atoms with Crippen molar-refractivity contribution in [3.8, 4) is 11.5 Å². The maximum absolute atomic E-state index is 13.3. The van der Waals surface area contributed by atoms with E-state index in [9.17, 15) is 22.8 Å². The number of ketones is 1. The zero-order valence-electron chi connectivity index (χ0n) is 17.3. The van der Waals surface area contributed by atoms with Gasteiger partial charge in [-0.15, -0.1) is 0 Å². The monoisotopic (exact) mass is 449 g/mol. The van der Waals surface area contributed by atoms with Crippen molar-refractivity contribution in [3.63, 3.8) is 0 Å². The van der Waals surface area contributed by atoms with E-state index in [-0.39, 0.29) is 22.9 Å². The van der Waals surface area contributed by atoms with Gasteiger partial charge in [-0.2, -0.15) is 13.2 Å². The zero-order valence-corrected chi connectivity index (χ0v) is 17.3. The molecule has 4 rings (SSSR count). The third-order valence-corrected chi connectivity index (χ3v) is 5.70. The number of methoxy groups -OCH3 is 1. The highest BCUT2D eigenvalue weighted by Gasteiger charge is 2.42. The van der Waals surface area contributed by atoms with Gasteiger partial charge in [0.15, 0.2) is 6.10 Å². The molecule has 1 aliphatic carbocycles. The third-order valence-electron chi connectivity index (χ3n) is 5.70. The summed E-state index contributed by atoms with van der Waals surface area (Å²) in [5.41, 5.74) is -0.662. The van der Waals surface area contributed by atoms with Crippen LogP contribution in [0, 0.1) is 0 Å². The van der Waals surface area contributed by atoms with E-state index in [1.54, 1.807) is 6.07 Å². The molecular weight excluding hydrogens is 427 g/mol. The van der Waals surface area contributed by atoms with Gasteiger partial charge in [0.25, 0.3) is 0 Å². The van der Waals surface area contributed by atoms with Gasteiger partial charge in [-0.3, -0.25) is 4.79 Å². The van der Waals surface area contributed by atoms with Crippen LogP contribution in [0.3, 0.4) is 0 Å². The van der Waals surface area contributed by atoms with E-state index in [0.29, 0.717) is 5.75 Å². The van der Waals surface area contributed by atoms with Crippen molar-refractivity contribution in [1.82, 2.24) is 5.32 Å². The Balaban J connectivity index is 1.68.